The lowest BCUT2D eigenvalue weighted by Gasteiger charge is -2.33. The molecule has 0 radical (unpaired) electrons. The van der Waals surface area contributed by atoms with Crippen LogP contribution in [0.4, 0.5) is 0 Å². The lowest BCUT2D eigenvalue weighted by atomic mass is 10.1. The quantitative estimate of drug-likeness (QED) is 0.659. The molecule has 0 aromatic carbocycles. The summed E-state index contributed by atoms with van der Waals surface area (Å²) < 4.78 is 10.4. The van der Waals surface area contributed by atoms with Gasteiger partial charge in [0.15, 0.2) is 0 Å². The summed E-state index contributed by atoms with van der Waals surface area (Å²) in [5.74, 6) is 0. The predicted molar refractivity (Wildman–Crippen MR) is 57.5 cm³/mol. The van der Waals surface area contributed by atoms with Crippen LogP contribution in [-0.4, -0.2) is 51.0 Å². The monoisotopic (exact) mass is 212 g/mol. The first-order valence-electron chi connectivity index (χ1n) is 5.56. The Hall–Kier alpha value is -0.630. The van der Waals surface area contributed by atoms with E-state index in [1.54, 1.807) is 7.11 Å². The molecule has 0 aromatic heterocycles. The van der Waals surface area contributed by atoms with Crippen LogP contribution in [0, 0.1) is 11.3 Å². The van der Waals surface area contributed by atoms with Crippen LogP contribution >= 0.6 is 0 Å². The maximum atomic E-state index is 8.61. The fourth-order valence-corrected chi connectivity index (χ4v) is 1.93. The third kappa shape index (κ3) is 4.61. The molecule has 1 saturated heterocycles. The van der Waals surface area contributed by atoms with E-state index >= 15 is 0 Å². The van der Waals surface area contributed by atoms with Crippen molar-refractivity contribution in [3.05, 3.63) is 0 Å². The average molecular weight is 212 g/mol. The molecular formula is C11H20N2O2. The molecule has 0 unspecified atom stereocenters. The molecule has 0 aliphatic carbocycles. The minimum Gasteiger partial charge on any atom is -0.383 e. The van der Waals surface area contributed by atoms with Crippen LogP contribution in [0.3, 0.4) is 0 Å². The van der Waals surface area contributed by atoms with E-state index in [1.807, 2.05) is 0 Å². The lowest BCUT2D eigenvalue weighted by Crippen LogP contribution is -2.41. The largest absolute Gasteiger partial charge is 0.383 e. The fraction of sp³-hybridized carbons (Fsp3) is 0.909. The highest BCUT2D eigenvalue weighted by molar-refractivity contribution is 4.79. The van der Waals surface area contributed by atoms with Crippen molar-refractivity contribution < 1.29 is 9.47 Å². The predicted octanol–water partition coefficient (Wildman–Crippen LogP) is 1.03. The van der Waals surface area contributed by atoms with Gasteiger partial charge in [-0.05, 0) is 12.8 Å². The number of nitrogens with zero attached hydrogens (tertiary/aromatic N) is 2. The van der Waals surface area contributed by atoms with Gasteiger partial charge in [-0.3, -0.25) is 4.90 Å². The maximum Gasteiger partial charge on any atom is 0.0635 e. The fourth-order valence-electron chi connectivity index (χ4n) is 1.93. The van der Waals surface area contributed by atoms with E-state index in [9.17, 15) is 0 Å². The molecule has 0 amide bonds. The molecule has 1 heterocycles. The standard InChI is InChI=1S/C11H20N2O2/c1-14-10-7-13(6-2-5-12)11-3-8-15-9-4-11/h11H,2-4,6-10H2,1H3. The average Bonchev–Trinajstić information content (AvgIpc) is 2.30. The molecule has 1 fully saturated rings. The number of nitriles is 1. The Kier molecular flexibility index (Phi) is 6.33. The summed E-state index contributed by atoms with van der Waals surface area (Å²) in [6.45, 7) is 4.21. The van der Waals surface area contributed by atoms with Crippen molar-refractivity contribution in [3.63, 3.8) is 0 Å². The van der Waals surface area contributed by atoms with E-state index in [2.05, 4.69) is 11.0 Å². The van der Waals surface area contributed by atoms with Gasteiger partial charge >= 0.3 is 0 Å². The van der Waals surface area contributed by atoms with Gasteiger partial charge in [0, 0.05) is 45.9 Å². The molecular weight excluding hydrogens is 192 g/mol. The van der Waals surface area contributed by atoms with E-state index in [0.717, 1.165) is 45.8 Å². The Labute approximate surface area is 91.8 Å². The normalized spacial score (nSPS) is 17.9. The number of methoxy groups -OCH3 is 1. The van der Waals surface area contributed by atoms with E-state index < -0.39 is 0 Å². The molecule has 0 N–H and O–H groups in total. The topological polar surface area (TPSA) is 45.5 Å². The van der Waals surface area contributed by atoms with Gasteiger partial charge < -0.3 is 9.47 Å². The van der Waals surface area contributed by atoms with Crippen LogP contribution in [-0.2, 0) is 9.47 Å². The molecule has 0 atom stereocenters. The number of rotatable bonds is 6. The highest BCUT2D eigenvalue weighted by Crippen LogP contribution is 2.14. The summed E-state index contributed by atoms with van der Waals surface area (Å²) in [6, 6.07) is 2.77. The highest BCUT2D eigenvalue weighted by Gasteiger charge is 2.20. The summed E-state index contributed by atoms with van der Waals surface area (Å²) in [4.78, 5) is 2.36. The van der Waals surface area contributed by atoms with E-state index in [-0.39, 0.29) is 0 Å². The number of hydrogen-bond acceptors (Lipinski definition) is 4. The molecule has 86 valence electrons. The second-order valence-corrected chi connectivity index (χ2v) is 3.78. The van der Waals surface area contributed by atoms with E-state index in [1.165, 1.54) is 0 Å². The Balaban J connectivity index is 2.34. The first-order chi connectivity index (χ1) is 7.38. The first-order valence-corrected chi connectivity index (χ1v) is 5.56. The van der Waals surface area contributed by atoms with Gasteiger partial charge in [-0.1, -0.05) is 0 Å². The Morgan fingerprint density at radius 1 is 1.40 bits per heavy atom. The van der Waals surface area contributed by atoms with Gasteiger partial charge in [-0.2, -0.15) is 5.26 Å². The SMILES string of the molecule is COCCN(CCC#N)C1CCOCC1. The Morgan fingerprint density at radius 3 is 2.73 bits per heavy atom. The van der Waals surface area contributed by atoms with Crippen LogP contribution in [0.2, 0.25) is 0 Å². The first kappa shape index (κ1) is 12.4. The van der Waals surface area contributed by atoms with Crippen molar-refractivity contribution in [3.8, 4) is 6.07 Å². The van der Waals surface area contributed by atoms with Crippen molar-refractivity contribution in [1.82, 2.24) is 4.90 Å². The molecule has 1 aliphatic heterocycles. The van der Waals surface area contributed by atoms with Crippen molar-refractivity contribution in [2.75, 3.05) is 40.0 Å². The maximum absolute atomic E-state index is 8.61. The van der Waals surface area contributed by atoms with Gasteiger partial charge in [-0.25, -0.2) is 0 Å². The zero-order valence-corrected chi connectivity index (χ0v) is 9.45. The zero-order valence-electron chi connectivity index (χ0n) is 9.45. The molecule has 0 bridgehead atoms. The van der Waals surface area contributed by atoms with Crippen LogP contribution in [0.1, 0.15) is 19.3 Å². The molecule has 0 saturated carbocycles. The second kappa shape index (κ2) is 7.63. The van der Waals surface area contributed by atoms with Gasteiger partial charge in [0.1, 0.15) is 0 Å². The van der Waals surface area contributed by atoms with Crippen LogP contribution < -0.4 is 0 Å². The summed E-state index contributed by atoms with van der Waals surface area (Å²) in [7, 11) is 1.71. The minimum atomic E-state index is 0.572. The van der Waals surface area contributed by atoms with E-state index in [0.29, 0.717) is 12.5 Å². The van der Waals surface area contributed by atoms with Gasteiger partial charge in [0.2, 0.25) is 0 Å². The summed E-state index contributed by atoms with van der Waals surface area (Å²) in [5, 5.41) is 8.61. The molecule has 4 nitrogen and oxygen atoms in total. The van der Waals surface area contributed by atoms with Crippen LogP contribution in [0.5, 0.6) is 0 Å². The molecule has 4 heteroatoms. The van der Waals surface area contributed by atoms with Crippen molar-refractivity contribution >= 4 is 0 Å². The summed E-state index contributed by atoms with van der Waals surface area (Å²) >= 11 is 0. The molecule has 1 rings (SSSR count). The smallest absolute Gasteiger partial charge is 0.0635 e. The van der Waals surface area contributed by atoms with Crippen molar-refractivity contribution in [1.29, 1.82) is 5.26 Å². The lowest BCUT2D eigenvalue weighted by molar-refractivity contribution is 0.0254. The molecule has 1 aliphatic rings. The second-order valence-electron chi connectivity index (χ2n) is 3.78. The Morgan fingerprint density at radius 2 is 2.13 bits per heavy atom. The molecule has 0 aromatic rings. The third-order valence-corrected chi connectivity index (χ3v) is 2.80. The van der Waals surface area contributed by atoms with Crippen LogP contribution in [0.15, 0.2) is 0 Å². The van der Waals surface area contributed by atoms with Gasteiger partial charge in [-0.15, -0.1) is 0 Å². The third-order valence-electron chi connectivity index (χ3n) is 2.80. The van der Waals surface area contributed by atoms with Crippen LogP contribution in [0.25, 0.3) is 0 Å². The zero-order chi connectivity index (χ0) is 10.9. The molecule has 15 heavy (non-hydrogen) atoms. The summed E-state index contributed by atoms with van der Waals surface area (Å²) in [6.07, 6.45) is 2.76. The number of hydrogen-bond donors (Lipinski definition) is 0. The van der Waals surface area contributed by atoms with Crippen molar-refractivity contribution in [2.45, 2.75) is 25.3 Å². The minimum absolute atomic E-state index is 0.572. The van der Waals surface area contributed by atoms with Gasteiger partial charge in [0.05, 0.1) is 12.7 Å². The summed E-state index contributed by atoms with van der Waals surface area (Å²) in [5.41, 5.74) is 0. The van der Waals surface area contributed by atoms with Gasteiger partial charge in [0.25, 0.3) is 0 Å². The number of ether oxygens (including phenoxy) is 2. The van der Waals surface area contributed by atoms with E-state index in [4.69, 9.17) is 14.7 Å². The van der Waals surface area contributed by atoms with Crippen molar-refractivity contribution in [2.24, 2.45) is 0 Å². The molecule has 0 spiro atoms. The highest BCUT2D eigenvalue weighted by atomic mass is 16.5. The Bertz CT molecular complexity index is 197.